The van der Waals surface area contributed by atoms with Gasteiger partial charge < -0.3 is 33.4 Å². The van der Waals surface area contributed by atoms with Gasteiger partial charge in [0.15, 0.2) is 28.4 Å². The molecule has 0 atom stereocenters. The lowest BCUT2D eigenvalue weighted by atomic mass is 10.2. The summed E-state index contributed by atoms with van der Waals surface area (Å²) in [6, 6.07) is 10.6. The summed E-state index contributed by atoms with van der Waals surface area (Å²) < 4.78 is 33.2. The van der Waals surface area contributed by atoms with E-state index in [-0.39, 0.29) is 5.43 Å². The van der Waals surface area contributed by atoms with Gasteiger partial charge in [0.2, 0.25) is 0 Å². The molecule has 4 heterocycles. The molecule has 0 unspecified atom stereocenters. The Morgan fingerprint density at radius 1 is 0.783 bits per heavy atom. The van der Waals surface area contributed by atoms with Crippen LogP contribution in [0.3, 0.4) is 0 Å². The number of benzene rings is 2. The summed E-state index contributed by atoms with van der Waals surface area (Å²) in [5.41, 5.74) is 1.53. The maximum Gasteiger partial charge on any atom is 0.189 e. The zero-order chi connectivity index (χ0) is 32.1. The highest BCUT2D eigenvalue weighted by Crippen LogP contribution is 2.34. The maximum atomic E-state index is 11.9. The Morgan fingerprint density at radius 2 is 1.35 bits per heavy atom. The Bertz CT molecular complexity index is 1610. The molecule has 0 amide bonds. The first-order valence-electron chi connectivity index (χ1n) is 15.7. The first-order chi connectivity index (χ1) is 22.6. The largest absolute Gasteiger partial charge is 0.493 e. The van der Waals surface area contributed by atoms with E-state index in [2.05, 4.69) is 19.8 Å². The lowest BCUT2D eigenvalue weighted by Gasteiger charge is -2.26. The minimum absolute atomic E-state index is 0.0316. The summed E-state index contributed by atoms with van der Waals surface area (Å²) in [6.07, 6.45) is 5.23. The van der Waals surface area contributed by atoms with Crippen molar-refractivity contribution in [3.63, 3.8) is 0 Å². The first-order valence-corrected chi connectivity index (χ1v) is 16.1. The molecular weight excluding hydrogens is 612 g/mol. The molecule has 0 aliphatic carbocycles. The highest BCUT2D eigenvalue weighted by molar-refractivity contribution is 6.35. The molecule has 0 radical (unpaired) electrons. The van der Waals surface area contributed by atoms with Crippen LogP contribution in [0.2, 0.25) is 5.02 Å². The average Bonchev–Trinajstić information content (AvgIpc) is 3.09. The van der Waals surface area contributed by atoms with Gasteiger partial charge in [0, 0.05) is 80.6 Å². The van der Waals surface area contributed by atoms with Gasteiger partial charge in [0.1, 0.15) is 0 Å². The smallest absolute Gasteiger partial charge is 0.189 e. The number of nitrogens with one attached hydrogen (secondary N) is 1. The molecule has 11 nitrogen and oxygen atoms in total. The van der Waals surface area contributed by atoms with Gasteiger partial charge in [-0.3, -0.25) is 19.6 Å². The van der Waals surface area contributed by atoms with Crippen molar-refractivity contribution in [1.82, 2.24) is 19.8 Å². The molecule has 2 fully saturated rings. The predicted octanol–water partition coefficient (Wildman–Crippen LogP) is 4.64. The van der Waals surface area contributed by atoms with Gasteiger partial charge in [0.25, 0.3) is 0 Å². The first kappa shape index (κ1) is 33.7. The highest BCUT2D eigenvalue weighted by atomic mass is 35.5. The SMILES string of the molecule is COc1cc2c(=O)cc[nH]c2cc1OCCCN1CCOCC1.COc1cc2c(Cl)ccnc2cc1OCCCN1CCOCC1. The van der Waals surface area contributed by atoms with Gasteiger partial charge in [-0.2, -0.15) is 0 Å². The molecule has 0 saturated carbocycles. The molecule has 12 heteroatoms. The number of rotatable bonds is 12. The number of ether oxygens (including phenoxy) is 6. The van der Waals surface area contributed by atoms with Gasteiger partial charge in [0.05, 0.1) is 69.9 Å². The molecule has 2 aliphatic rings. The Morgan fingerprint density at radius 3 is 1.93 bits per heavy atom. The minimum atomic E-state index is -0.0316. The zero-order valence-corrected chi connectivity index (χ0v) is 27.4. The van der Waals surface area contributed by atoms with E-state index in [9.17, 15) is 4.79 Å². The summed E-state index contributed by atoms with van der Waals surface area (Å²) in [5.74, 6) is 2.62. The van der Waals surface area contributed by atoms with Crippen LogP contribution in [0.5, 0.6) is 23.0 Å². The third-order valence-corrected chi connectivity index (χ3v) is 8.31. The number of fused-ring (bicyclic) bond motifs is 2. The standard InChI is InChI=1S/C17H21ClN2O3.C17H22N2O4/c1-21-16-11-13-14(18)3-4-19-15(13)12-17(16)23-8-2-5-20-6-9-22-10-7-20;1-21-16-11-13-14(18-4-3-15(13)20)12-17(16)23-8-2-5-19-6-9-22-10-7-19/h3-4,11-12H,2,5-10H2,1H3;3-4,11-12H,2,5-10H2,1H3,(H,18,20). The van der Waals surface area contributed by atoms with E-state index in [0.717, 1.165) is 95.0 Å². The van der Waals surface area contributed by atoms with Crippen LogP contribution in [0.1, 0.15) is 12.8 Å². The van der Waals surface area contributed by atoms with Crippen LogP contribution in [0.25, 0.3) is 21.8 Å². The van der Waals surface area contributed by atoms with Gasteiger partial charge in [-0.1, -0.05) is 11.6 Å². The van der Waals surface area contributed by atoms with Gasteiger partial charge in [-0.15, -0.1) is 0 Å². The van der Waals surface area contributed by atoms with Crippen LogP contribution in [-0.4, -0.2) is 113 Å². The van der Waals surface area contributed by atoms with Crippen LogP contribution in [0, 0.1) is 0 Å². The second kappa shape index (κ2) is 17.3. The Hall–Kier alpha value is -3.61. The van der Waals surface area contributed by atoms with E-state index < -0.39 is 0 Å². The van der Waals surface area contributed by atoms with E-state index in [1.54, 1.807) is 38.7 Å². The quantitative estimate of drug-likeness (QED) is 0.217. The van der Waals surface area contributed by atoms with E-state index in [0.29, 0.717) is 46.6 Å². The van der Waals surface area contributed by atoms with Gasteiger partial charge >= 0.3 is 0 Å². The highest BCUT2D eigenvalue weighted by Gasteiger charge is 2.13. The summed E-state index contributed by atoms with van der Waals surface area (Å²) in [5, 5.41) is 2.13. The number of hydrogen-bond acceptors (Lipinski definition) is 10. The summed E-state index contributed by atoms with van der Waals surface area (Å²) >= 11 is 6.20. The predicted molar refractivity (Wildman–Crippen MR) is 179 cm³/mol. The molecule has 2 aliphatic heterocycles. The van der Waals surface area contributed by atoms with Crippen molar-refractivity contribution in [3.05, 3.63) is 64.0 Å². The van der Waals surface area contributed by atoms with E-state index in [1.165, 1.54) is 6.07 Å². The molecule has 2 aromatic carbocycles. The van der Waals surface area contributed by atoms with Crippen molar-refractivity contribution >= 4 is 33.4 Å². The fraction of sp³-hybridized carbons (Fsp3) is 0.471. The van der Waals surface area contributed by atoms with E-state index >= 15 is 0 Å². The Balaban J connectivity index is 0.000000181. The van der Waals surface area contributed by atoms with Crippen LogP contribution in [-0.2, 0) is 9.47 Å². The number of hydrogen-bond donors (Lipinski definition) is 1. The number of H-pyrrole nitrogens is 1. The summed E-state index contributed by atoms with van der Waals surface area (Å²) in [7, 11) is 3.21. The molecule has 46 heavy (non-hydrogen) atoms. The molecule has 4 aromatic rings. The molecule has 2 saturated heterocycles. The minimum Gasteiger partial charge on any atom is -0.493 e. The number of morpholine rings is 2. The van der Waals surface area contributed by atoms with Crippen molar-refractivity contribution in [2.24, 2.45) is 0 Å². The van der Waals surface area contributed by atoms with Crippen molar-refractivity contribution < 1.29 is 28.4 Å². The molecule has 248 valence electrons. The molecule has 0 spiro atoms. The molecular formula is C34H43ClN4O7. The van der Waals surface area contributed by atoms with Crippen LogP contribution < -0.4 is 24.4 Å². The Kier molecular flexibility index (Phi) is 12.7. The lowest BCUT2D eigenvalue weighted by Crippen LogP contribution is -2.37. The van der Waals surface area contributed by atoms with E-state index in [1.807, 2.05) is 18.2 Å². The summed E-state index contributed by atoms with van der Waals surface area (Å²) in [6.45, 7) is 10.5. The zero-order valence-electron chi connectivity index (χ0n) is 26.6. The fourth-order valence-electron chi connectivity index (χ4n) is 5.43. The number of methoxy groups -OCH3 is 2. The second-order valence-corrected chi connectivity index (χ2v) is 11.4. The summed E-state index contributed by atoms with van der Waals surface area (Å²) in [4.78, 5) is 24.0. The normalized spacial score (nSPS) is 15.7. The topological polar surface area (TPSA) is 108 Å². The van der Waals surface area contributed by atoms with Crippen LogP contribution in [0.15, 0.2) is 53.6 Å². The monoisotopic (exact) mass is 654 g/mol. The number of aromatic nitrogens is 2. The van der Waals surface area contributed by atoms with Crippen LogP contribution in [0.4, 0.5) is 0 Å². The van der Waals surface area contributed by atoms with Crippen molar-refractivity contribution in [2.75, 3.05) is 93.1 Å². The maximum absolute atomic E-state index is 11.9. The third kappa shape index (κ3) is 9.23. The van der Waals surface area contributed by atoms with Crippen molar-refractivity contribution in [2.45, 2.75) is 12.8 Å². The number of pyridine rings is 2. The average molecular weight is 655 g/mol. The molecule has 2 aromatic heterocycles. The van der Waals surface area contributed by atoms with Crippen LogP contribution >= 0.6 is 11.6 Å². The second-order valence-electron chi connectivity index (χ2n) is 11.0. The fourth-order valence-corrected chi connectivity index (χ4v) is 5.64. The Labute approximate surface area is 274 Å². The molecule has 1 N–H and O–H groups in total. The number of aromatic amines is 1. The molecule has 6 rings (SSSR count). The lowest BCUT2D eigenvalue weighted by molar-refractivity contribution is 0.0357. The van der Waals surface area contributed by atoms with E-state index in [4.69, 9.17) is 40.0 Å². The van der Waals surface area contributed by atoms with Crippen molar-refractivity contribution in [1.29, 1.82) is 0 Å². The van der Waals surface area contributed by atoms with Gasteiger partial charge in [-0.05, 0) is 31.0 Å². The number of nitrogens with zero attached hydrogens (tertiary/aromatic N) is 3. The van der Waals surface area contributed by atoms with Gasteiger partial charge in [-0.25, -0.2) is 0 Å². The molecule has 0 bridgehead atoms. The van der Waals surface area contributed by atoms with Crippen molar-refractivity contribution in [3.8, 4) is 23.0 Å². The number of halogens is 1. The third-order valence-electron chi connectivity index (χ3n) is 7.98.